The van der Waals surface area contributed by atoms with Crippen LogP contribution in [0.4, 0.5) is 4.39 Å². The summed E-state index contributed by atoms with van der Waals surface area (Å²) in [4.78, 5) is 11.5. The Bertz CT molecular complexity index is 745. The number of rotatable bonds is 3. The molecule has 0 aliphatic carbocycles. The lowest BCUT2D eigenvalue weighted by Crippen LogP contribution is -2.43. The van der Waals surface area contributed by atoms with Crippen molar-refractivity contribution in [1.82, 2.24) is 19.5 Å². The Labute approximate surface area is 124 Å². The molecule has 0 amide bonds. The van der Waals surface area contributed by atoms with Crippen LogP contribution in [-0.2, 0) is 4.74 Å². The molecule has 3 rings (SSSR count). The fourth-order valence-electron chi connectivity index (χ4n) is 2.62. The molecule has 2 aromatic rings. The number of aliphatic hydroxyl groups excluding tert-OH is 2. The van der Waals surface area contributed by atoms with E-state index in [9.17, 15) is 19.7 Å². The molecule has 22 heavy (non-hydrogen) atoms. The van der Waals surface area contributed by atoms with E-state index in [1.165, 1.54) is 10.9 Å². The van der Waals surface area contributed by atoms with Crippen LogP contribution in [0.3, 0.4) is 0 Å². The monoisotopic (exact) mass is 308 g/mol. The molecule has 0 spiro atoms. The van der Waals surface area contributed by atoms with Crippen LogP contribution >= 0.6 is 0 Å². The van der Waals surface area contributed by atoms with Gasteiger partial charge in [-0.15, -0.1) is 6.42 Å². The Hall–Kier alpha value is -2.28. The summed E-state index contributed by atoms with van der Waals surface area (Å²) < 4.78 is 20.3. The van der Waals surface area contributed by atoms with Gasteiger partial charge >= 0.3 is 0 Å². The van der Waals surface area contributed by atoms with Crippen molar-refractivity contribution < 1.29 is 24.4 Å². The third-order valence-corrected chi connectivity index (χ3v) is 3.85. The van der Waals surface area contributed by atoms with E-state index in [1.54, 1.807) is 0 Å². The van der Waals surface area contributed by atoms with E-state index in [1.807, 2.05) is 0 Å². The maximum atomic E-state index is 13.4. The standard InChI is InChI=1S/C13H13FN4O4/c1-2-13(4-19)9(20)7(3-14)12(22-13)18-6-17-8-10(18)15-5-16-11(8)21/h1,5-7,9,12,19-20H,3-4H2,(H,15,16,21)/t7?,9-,12+,13+/m0/s1. The van der Waals surface area contributed by atoms with Crippen molar-refractivity contribution in [3.8, 4) is 18.2 Å². The maximum absolute atomic E-state index is 13.4. The topological polar surface area (TPSA) is 114 Å². The second-order valence-electron chi connectivity index (χ2n) is 4.98. The molecule has 116 valence electrons. The Balaban J connectivity index is 2.10. The highest BCUT2D eigenvalue weighted by Gasteiger charge is 2.54. The molecule has 0 aromatic carbocycles. The van der Waals surface area contributed by atoms with Crippen LogP contribution in [0.1, 0.15) is 6.23 Å². The number of aromatic nitrogens is 4. The zero-order chi connectivity index (χ0) is 15.9. The molecule has 1 unspecified atom stereocenters. The number of hydrogen-bond donors (Lipinski definition) is 3. The Morgan fingerprint density at radius 2 is 2.23 bits per heavy atom. The second kappa shape index (κ2) is 5.17. The van der Waals surface area contributed by atoms with E-state index in [0.29, 0.717) is 0 Å². The van der Waals surface area contributed by atoms with Crippen LogP contribution in [0.5, 0.6) is 5.88 Å². The van der Waals surface area contributed by atoms with Crippen LogP contribution in [0.15, 0.2) is 12.7 Å². The van der Waals surface area contributed by atoms with Gasteiger partial charge in [-0.2, -0.15) is 4.98 Å². The van der Waals surface area contributed by atoms with Crippen molar-refractivity contribution in [1.29, 1.82) is 0 Å². The number of aliphatic hydroxyl groups is 2. The van der Waals surface area contributed by atoms with Crippen LogP contribution in [0.2, 0.25) is 0 Å². The third-order valence-electron chi connectivity index (χ3n) is 3.85. The summed E-state index contributed by atoms with van der Waals surface area (Å²) in [5, 5.41) is 29.3. The van der Waals surface area contributed by atoms with Crippen LogP contribution < -0.4 is 0 Å². The predicted octanol–water partition coefficient (Wildman–Crippen LogP) is -0.628. The van der Waals surface area contributed by atoms with Gasteiger partial charge in [0.1, 0.15) is 18.7 Å². The molecule has 8 nitrogen and oxygen atoms in total. The largest absolute Gasteiger partial charge is 0.492 e. The van der Waals surface area contributed by atoms with Gasteiger partial charge in [0, 0.05) is 0 Å². The summed E-state index contributed by atoms with van der Waals surface area (Å²) in [6, 6.07) is 0. The average Bonchev–Trinajstić information content (AvgIpc) is 3.07. The van der Waals surface area contributed by atoms with Gasteiger partial charge in [0.15, 0.2) is 16.8 Å². The molecular weight excluding hydrogens is 295 g/mol. The zero-order valence-corrected chi connectivity index (χ0v) is 11.3. The summed E-state index contributed by atoms with van der Waals surface area (Å²) in [5.74, 6) is 0.843. The van der Waals surface area contributed by atoms with Crippen molar-refractivity contribution >= 4 is 11.2 Å². The number of halogens is 1. The van der Waals surface area contributed by atoms with E-state index in [0.717, 1.165) is 6.33 Å². The minimum atomic E-state index is -1.70. The minimum Gasteiger partial charge on any atom is -0.492 e. The van der Waals surface area contributed by atoms with Gasteiger partial charge in [0.05, 0.1) is 25.5 Å². The number of nitrogens with zero attached hydrogens (tertiary/aromatic N) is 4. The Morgan fingerprint density at radius 3 is 2.86 bits per heavy atom. The third kappa shape index (κ3) is 1.85. The maximum Gasteiger partial charge on any atom is 0.242 e. The highest BCUT2D eigenvalue weighted by Crippen LogP contribution is 2.42. The molecule has 1 aliphatic heterocycles. The van der Waals surface area contributed by atoms with E-state index >= 15 is 0 Å². The van der Waals surface area contributed by atoms with Gasteiger partial charge in [0.2, 0.25) is 5.88 Å². The van der Waals surface area contributed by atoms with E-state index in [4.69, 9.17) is 11.2 Å². The fourth-order valence-corrected chi connectivity index (χ4v) is 2.62. The average molecular weight is 308 g/mol. The molecule has 0 radical (unpaired) electrons. The number of ether oxygens (including phenoxy) is 1. The molecule has 1 fully saturated rings. The fraction of sp³-hybridized carbons (Fsp3) is 0.462. The van der Waals surface area contributed by atoms with Crippen LogP contribution in [0, 0.1) is 18.3 Å². The molecule has 3 N–H and O–H groups in total. The summed E-state index contributed by atoms with van der Waals surface area (Å²) >= 11 is 0. The lowest BCUT2D eigenvalue weighted by molar-refractivity contribution is -0.0899. The molecule has 0 saturated carbocycles. The summed E-state index contributed by atoms with van der Waals surface area (Å²) in [6.45, 7) is -1.59. The number of fused-ring (bicyclic) bond motifs is 1. The molecule has 4 atom stereocenters. The first kappa shape index (κ1) is 14.6. The van der Waals surface area contributed by atoms with E-state index < -0.39 is 37.1 Å². The van der Waals surface area contributed by atoms with Crippen molar-refractivity contribution in [3.05, 3.63) is 12.7 Å². The zero-order valence-electron chi connectivity index (χ0n) is 11.3. The van der Waals surface area contributed by atoms with Gasteiger partial charge in [-0.3, -0.25) is 8.96 Å². The minimum absolute atomic E-state index is 0.111. The molecule has 2 aromatic heterocycles. The number of alkyl halides is 1. The predicted molar refractivity (Wildman–Crippen MR) is 71.2 cm³/mol. The molecule has 3 heterocycles. The Kier molecular flexibility index (Phi) is 3.44. The van der Waals surface area contributed by atoms with Gasteiger partial charge in [-0.25, -0.2) is 9.97 Å². The first-order valence-electron chi connectivity index (χ1n) is 6.45. The quantitative estimate of drug-likeness (QED) is 0.647. The lowest BCUT2D eigenvalue weighted by atomic mass is 9.91. The van der Waals surface area contributed by atoms with Crippen molar-refractivity contribution in [2.24, 2.45) is 5.92 Å². The number of terminal acetylenes is 1. The summed E-state index contributed by atoms with van der Waals surface area (Å²) in [6.07, 6.45) is 5.31. The van der Waals surface area contributed by atoms with Gasteiger partial charge in [0.25, 0.3) is 0 Å². The Morgan fingerprint density at radius 1 is 1.45 bits per heavy atom. The molecule has 9 heteroatoms. The first-order valence-corrected chi connectivity index (χ1v) is 6.45. The van der Waals surface area contributed by atoms with E-state index in [-0.39, 0.29) is 17.0 Å². The van der Waals surface area contributed by atoms with Gasteiger partial charge < -0.3 is 20.1 Å². The highest BCUT2D eigenvalue weighted by atomic mass is 19.1. The molecule has 1 saturated heterocycles. The van der Waals surface area contributed by atoms with Gasteiger partial charge in [-0.1, -0.05) is 5.92 Å². The van der Waals surface area contributed by atoms with Crippen molar-refractivity contribution in [2.45, 2.75) is 17.9 Å². The normalized spacial score (nSPS) is 31.5. The molecule has 0 bridgehead atoms. The SMILES string of the molecule is C#C[C@]1(CO)O[C@@H](n2cnc3c(O)ncnc32)C(CF)[C@@H]1O. The number of aromatic hydroxyl groups is 1. The first-order chi connectivity index (χ1) is 10.6. The molecular formula is C13H13FN4O4. The lowest BCUT2D eigenvalue weighted by Gasteiger charge is -2.23. The summed E-state index contributed by atoms with van der Waals surface area (Å²) in [5.41, 5.74) is -1.39. The van der Waals surface area contributed by atoms with Gasteiger partial charge in [-0.05, 0) is 0 Å². The number of imidazole rings is 1. The second-order valence-corrected chi connectivity index (χ2v) is 4.98. The highest BCUT2D eigenvalue weighted by molar-refractivity contribution is 5.75. The molecule has 1 aliphatic rings. The van der Waals surface area contributed by atoms with Crippen LogP contribution in [-0.4, -0.2) is 59.8 Å². The smallest absolute Gasteiger partial charge is 0.242 e. The van der Waals surface area contributed by atoms with Crippen molar-refractivity contribution in [3.63, 3.8) is 0 Å². The van der Waals surface area contributed by atoms with Crippen molar-refractivity contribution in [2.75, 3.05) is 13.3 Å². The van der Waals surface area contributed by atoms with E-state index in [2.05, 4.69) is 20.9 Å². The van der Waals surface area contributed by atoms with Crippen LogP contribution in [0.25, 0.3) is 11.2 Å². The summed E-state index contributed by atoms with van der Waals surface area (Å²) in [7, 11) is 0. The number of hydrogen-bond acceptors (Lipinski definition) is 7.